The van der Waals surface area contributed by atoms with Gasteiger partial charge in [0.2, 0.25) is 5.78 Å². The van der Waals surface area contributed by atoms with E-state index < -0.39 is 9.84 Å². The van der Waals surface area contributed by atoms with Crippen LogP contribution in [0.3, 0.4) is 0 Å². The molecule has 0 amide bonds. The Morgan fingerprint density at radius 1 is 1.15 bits per heavy atom. The fraction of sp³-hybridized carbons (Fsp3) is 0.154. The molecule has 0 unspecified atom stereocenters. The molecule has 0 N–H and O–H groups in total. The number of sulfone groups is 1. The molecule has 0 radical (unpaired) electrons. The predicted molar refractivity (Wildman–Crippen MR) is 70.6 cm³/mol. The second-order valence-electron chi connectivity index (χ2n) is 4.43. The maximum absolute atomic E-state index is 12.3. The summed E-state index contributed by atoms with van der Waals surface area (Å²) in [5.41, 5.74) is 1.79. The number of carbonyl (C=O) groups excluding carboxylic acids is 1. The van der Waals surface area contributed by atoms with Crippen LogP contribution in [0.1, 0.15) is 16.1 Å². The van der Waals surface area contributed by atoms with Crippen LogP contribution in [-0.4, -0.2) is 37.5 Å². The van der Waals surface area contributed by atoms with Crippen molar-refractivity contribution in [3.05, 3.63) is 35.7 Å². The van der Waals surface area contributed by atoms with Gasteiger partial charge in [-0.2, -0.15) is 4.98 Å². The largest absolute Gasteiger partial charge is 0.467 e. The number of nitrogens with zero attached hydrogens (tertiary/aromatic N) is 2. The van der Waals surface area contributed by atoms with Gasteiger partial charge < -0.3 is 4.74 Å². The lowest BCUT2D eigenvalue weighted by atomic mass is 10.1. The zero-order valence-corrected chi connectivity index (χ0v) is 11.6. The number of hydrogen-bond acceptors (Lipinski definition) is 6. The van der Waals surface area contributed by atoms with Crippen LogP contribution < -0.4 is 4.74 Å². The molecule has 0 saturated carbocycles. The fourth-order valence-corrected chi connectivity index (χ4v) is 2.79. The molecule has 20 heavy (non-hydrogen) atoms. The Morgan fingerprint density at radius 2 is 1.90 bits per heavy atom. The average molecular weight is 290 g/mol. The van der Waals surface area contributed by atoms with Crippen molar-refractivity contribution in [3.8, 4) is 17.1 Å². The Bertz CT molecular complexity index is 843. The molecular formula is C13H10N2O4S. The van der Waals surface area contributed by atoms with Crippen LogP contribution in [0.4, 0.5) is 0 Å². The summed E-state index contributed by atoms with van der Waals surface area (Å²) in [7, 11) is -1.95. The molecule has 2 aromatic rings. The van der Waals surface area contributed by atoms with E-state index in [2.05, 4.69) is 9.97 Å². The van der Waals surface area contributed by atoms with Crippen LogP contribution in [0.25, 0.3) is 11.1 Å². The molecule has 1 aromatic heterocycles. The average Bonchev–Trinajstić information content (AvgIpc) is 2.70. The quantitative estimate of drug-likeness (QED) is 0.702. The predicted octanol–water partition coefficient (Wildman–Crippen LogP) is 1.10. The molecule has 102 valence electrons. The van der Waals surface area contributed by atoms with Crippen molar-refractivity contribution in [2.45, 2.75) is 4.90 Å². The summed E-state index contributed by atoms with van der Waals surface area (Å²) >= 11 is 0. The summed E-state index contributed by atoms with van der Waals surface area (Å²) in [6.07, 6.45) is 2.61. The summed E-state index contributed by atoms with van der Waals surface area (Å²) < 4.78 is 28.0. The number of carbonyl (C=O) groups is 1. The first-order valence-electron chi connectivity index (χ1n) is 5.72. The van der Waals surface area contributed by atoms with E-state index >= 15 is 0 Å². The summed E-state index contributed by atoms with van der Waals surface area (Å²) in [6.45, 7) is 0. The van der Waals surface area contributed by atoms with E-state index in [1.165, 1.54) is 25.4 Å². The lowest BCUT2D eigenvalue weighted by Crippen LogP contribution is -2.03. The Hall–Kier alpha value is -2.28. The molecule has 1 aliphatic carbocycles. The highest BCUT2D eigenvalue weighted by atomic mass is 32.2. The highest BCUT2D eigenvalue weighted by Crippen LogP contribution is 2.36. The lowest BCUT2D eigenvalue weighted by molar-refractivity contribution is 0.103. The van der Waals surface area contributed by atoms with Crippen LogP contribution in [0, 0.1) is 0 Å². The third kappa shape index (κ3) is 1.78. The number of ether oxygens (including phenoxy) is 1. The Balaban J connectivity index is 2.23. The molecule has 0 bridgehead atoms. The number of fused-ring (bicyclic) bond motifs is 3. The number of methoxy groups -OCH3 is 1. The fourth-order valence-electron chi connectivity index (χ4n) is 2.14. The van der Waals surface area contributed by atoms with Crippen molar-refractivity contribution in [2.75, 3.05) is 13.4 Å². The maximum Gasteiger partial charge on any atom is 0.316 e. The van der Waals surface area contributed by atoms with E-state index in [1.54, 1.807) is 6.07 Å². The van der Waals surface area contributed by atoms with Crippen LogP contribution in [0.15, 0.2) is 29.3 Å². The van der Waals surface area contributed by atoms with E-state index in [0.29, 0.717) is 16.7 Å². The van der Waals surface area contributed by atoms with Crippen molar-refractivity contribution >= 4 is 15.6 Å². The molecular weight excluding hydrogens is 280 g/mol. The lowest BCUT2D eigenvalue weighted by Gasteiger charge is -2.02. The molecule has 7 heteroatoms. The standard InChI is InChI=1S/C13H10N2O4S/c1-19-13-14-6-10-8-4-3-7(20(2,17)18)5-9(8)12(16)11(10)15-13/h3-6H,1-2H3. The molecule has 0 fully saturated rings. The Labute approximate surface area is 115 Å². The third-order valence-corrected chi connectivity index (χ3v) is 4.23. The summed E-state index contributed by atoms with van der Waals surface area (Å²) in [4.78, 5) is 20.4. The summed E-state index contributed by atoms with van der Waals surface area (Å²) in [5.74, 6) is -0.318. The monoisotopic (exact) mass is 290 g/mol. The van der Waals surface area contributed by atoms with Gasteiger partial charge in [-0.15, -0.1) is 0 Å². The Morgan fingerprint density at radius 3 is 2.55 bits per heavy atom. The smallest absolute Gasteiger partial charge is 0.316 e. The van der Waals surface area contributed by atoms with Crippen molar-refractivity contribution in [2.24, 2.45) is 0 Å². The van der Waals surface area contributed by atoms with E-state index in [-0.39, 0.29) is 22.4 Å². The number of hydrogen-bond donors (Lipinski definition) is 0. The normalized spacial score (nSPS) is 13.0. The van der Waals surface area contributed by atoms with Crippen molar-refractivity contribution in [1.82, 2.24) is 9.97 Å². The molecule has 1 heterocycles. The van der Waals surface area contributed by atoms with E-state index in [0.717, 1.165) is 6.26 Å². The van der Waals surface area contributed by atoms with Gasteiger partial charge in [0.15, 0.2) is 9.84 Å². The minimum atomic E-state index is -3.36. The minimum Gasteiger partial charge on any atom is -0.467 e. The summed E-state index contributed by atoms with van der Waals surface area (Å²) in [6, 6.07) is 4.56. The minimum absolute atomic E-state index is 0.105. The number of benzene rings is 1. The number of ketones is 1. The zero-order chi connectivity index (χ0) is 14.5. The Kier molecular flexibility index (Phi) is 2.62. The number of aromatic nitrogens is 2. The molecule has 0 aliphatic heterocycles. The first-order valence-corrected chi connectivity index (χ1v) is 7.61. The van der Waals surface area contributed by atoms with Gasteiger partial charge in [0.05, 0.1) is 12.0 Å². The topological polar surface area (TPSA) is 86.2 Å². The van der Waals surface area contributed by atoms with Gasteiger partial charge in [-0.25, -0.2) is 13.4 Å². The molecule has 0 spiro atoms. The third-order valence-electron chi connectivity index (χ3n) is 3.12. The molecule has 0 atom stereocenters. The zero-order valence-electron chi connectivity index (χ0n) is 10.7. The molecule has 1 aliphatic rings. The van der Waals surface area contributed by atoms with Gasteiger partial charge in [-0.1, -0.05) is 6.07 Å². The summed E-state index contributed by atoms with van der Waals surface area (Å²) in [5, 5.41) is 0. The number of rotatable bonds is 2. The van der Waals surface area contributed by atoms with Crippen LogP contribution in [0.2, 0.25) is 0 Å². The molecule has 3 rings (SSSR count). The first kappa shape index (κ1) is 12.7. The van der Waals surface area contributed by atoms with E-state index in [1.807, 2.05) is 0 Å². The molecule has 0 saturated heterocycles. The van der Waals surface area contributed by atoms with Gasteiger partial charge in [-0.05, 0) is 17.7 Å². The molecule has 6 nitrogen and oxygen atoms in total. The first-order chi connectivity index (χ1) is 9.41. The van der Waals surface area contributed by atoms with Gasteiger partial charge in [-0.3, -0.25) is 4.79 Å². The van der Waals surface area contributed by atoms with Crippen LogP contribution in [0.5, 0.6) is 6.01 Å². The van der Waals surface area contributed by atoms with Gasteiger partial charge in [0.25, 0.3) is 0 Å². The SMILES string of the molecule is COc1ncc2c(n1)C(=O)c1cc(S(C)(=O)=O)ccc1-2. The van der Waals surface area contributed by atoms with Crippen LogP contribution >= 0.6 is 0 Å². The van der Waals surface area contributed by atoms with E-state index in [9.17, 15) is 13.2 Å². The second-order valence-corrected chi connectivity index (χ2v) is 6.44. The van der Waals surface area contributed by atoms with E-state index in [4.69, 9.17) is 4.74 Å². The van der Waals surface area contributed by atoms with Crippen molar-refractivity contribution < 1.29 is 17.9 Å². The van der Waals surface area contributed by atoms with Crippen molar-refractivity contribution in [1.29, 1.82) is 0 Å². The van der Waals surface area contributed by atoms with Crippen LogP contribution in [-0.2, 0) is 9.84 Å². The maximum atomic E-state index is 12.3. The highest BCUT2D eigenvalue weighted by molar-refractivity contribution is 7.90. The molecule has 1 aromatic carbocycles. The highest BCUT2D eigenvalue weighted by Gasteiger charge is 2.30. The second kappa shape index (κ2) is 4.11. The van der Waals surface area contributed by atoms with Gasteiger partial charge in [0.1, 0.15) is 5.69 Å². The van der Waals surface area contributed by atoms with Gasteiger partial charge >= 0.3 is 6.01 Å². The van der Waals surface area contributed by atoms with Gasteiger partial charge in [0, 0.05) is 23.6 Å². The van der Waals surface area contributed by atoms with Crippen molar-refractivity contribution in [3.63, 3.8) is 0 Å².